The normalized spacial score (nSPS) is 10.5. The molecule has 0 atom stereocenters. The standard InChI is InChI=1S/C16H16N2O2/c1-12-6-8-15(17-11-12)18-16(19)9-7-13-4-3-5-14(10-13)20-2/h3-11H,1-2H3,(H,17,18,19)/b9-7+. The van der Waals surface area contributed by atoms with Gasteiger partial charge in [0.05, 0.1) is 7.11 Å². The minimum Gasteiger partial charge on any atom is -0.497 e. The van der Waals surface area contributed by atoms with E-state index in [1.807, 2.05) is 37.3 Å². The SMILES string of the molecule is COc1cccc(/C=C/C(=O)Nc2ccc(C)cn2)c1. The number of hydrogen-bond donors (Lipinski definition) is 1. The number of benzene rings is 1. The zero-order valence-corrected chi connectivity index (χ0v) is 11.5. The van der Waals surface area contributed by atoms with Gasteiger partial charge in [0.1, 0.15) is 11.6 Å². The maximum absolute atomic E-state index is 11.8. The van der Waals surface area contributed by atoms with Crippen molar-refractivity contribution in [3.05, 3.63) is 59.8 Å². The van der Waals surface area contributed by atoms with Crippen molar-refractivity contribution in [1.82, 2.24) is 4.98 Å². The Morgan fingerprint density at radius 3 is 2.85 bits per heavy atom. The third kappa shape index (κ3) is 3.95. The van der Waals surface area contributed by atoms with E-state index in [2.05, 4.69) is 10.3 Å². The van der Waals surface area contributed by atoms with Crippen molar-refractivity contribution in [1.29, 1.82) is 0 Å². The van der Waals surface area contributed by atoms with E-state index in [1.165, 1.54) is 6.08 Å². The molecule has 20 heavy (non-hydrogen) atoms. The van der Waals surface area contributed by atoms with Crippen LogP contribution in [0.25, 0.3) is 6.08 Å². The van der Waals surface area contributed by atoms with Crippen molar-refractivity contribution >= 4 is 17.8 Å². The van der Waals surface area contributed by atoms with E-state index < -0.39 is 0 Å². The molecule has 2 aromatic rings. The summed E-state index contributed by atoms with van der Waals surface area (Å²) in [6, 6.07) is 11.1. The smallest absolute Gasteiger partial charge is 0.249 e. The summed E-state index contributed by atoms with van der Waals surface area (Å²) in [6.07, 6.45) is 4.91. The predicted octanol–water partition coefficient (Wildman–Crippen LogP) is 3.05. The first-order chi connectivity index (χ1) is 9.67. The Hall–Kier alpha value is -2.62. The molecule has 1 aromatic heterocycles. The maximum Gasteiger partial charge on any atom is 0.249 e. The zero-order chi connectivity index (χ0) is 14.4. The molecular formula is C16H16N2O2. The molecule has 0 aliphatic heterocycles. The number of carbonyl (C=O) groups is 1. The molecule has 2 rings (SSSR count). The van der Waals surface area contributed by atoms with Crippen molar-refractivity contribution in [2.24, 2.45) is 0 Å². The lowest BCUT2D eigenvalue weighted by Crippen LogP contribution is -2.08. The van der Waals surface area contributed by atoms with Crippen molar-refractivity contribution in [2.45, 2.75) is 6.92 Å². The fourth-order valence-electron chi connectivity index (χ4n) is 1.63. The molecule has 0 spiro atoms. The summed E-state index contributed by atoms with van der Waals surface area (Å²) < 4.78 is 5.12. The van der Waals surface area contributed by atoms with Gasteiger partial charge in [0.15, 0.2) is 0 Å². The van der Waals surface area contributed by atoms with Crippen molar-refractivity contribution < 1.29 is 9.53 Å². The molecule has 4 nitrogen and oxygen atoms in total. The average molecular weight is 268 g/mol. The molecule has 102 valence electrons. The highest BCUT2D eigenvalue weighted by atomic mass is 16.5. The van der Waals surface area contributed by atoms with Gasteiger partial charge in [-0.05, 0) is 42.3 Å². The number of nitrogens with one attached hydrogen (secondary N) is 1. The lowest BCUT2D eigenvalue weighted by atomic mass is 10.2. The largest absolute Gasteiger partial charge is 0.497 e. The fourth-order valence-corrected chi connectivity index (χ4v) is 1.63. The lowest BCUT2D eigenvalue weighted by molar-refractivity contribution is -0.111. The topological polar surface area (TPSA) is 51.2 Å². The second kappa shape index (κ2) is 6.52. The van der Waals surface area contributed by atoms with Crippen molar-refractivity contribution in [3.8, 4) is 5.75 Å². The van der Waals surface area contributed by atoms with E-state index in [4.69, 9.17) is 4.74 Å². The summed E-state index contributed by atoms with van der Waals surface area (Å²) in [4.78, 5) is 15.9. The van der Waals surface area contributed by atoms with Crippen LogP contribution in [-0.4, -0.2) is 18.0 Å². The van der Waals surface area contributed by atoms with Crippen LogP contribution in [0.15, 0.2) is 48.7 Å². The van der Waals surface area contributed by atoms with Gasteiger partial charge < -0.3 is 10.1 Å². The highest BCUT2D eigenvalue weighted by Crippen LogP contribution is 2.13. The van der Waals surface area contributed by atoms with Crippen LogP contribution in [-0.2, 0) is 4.79 Å². The Bertz CT molecular complexity index is 619. The van der Waals surface area contributed by atoms with Gasteiger partial charge in [-0.1, -0.05) is 18.2 Å². The highest BCUT2D eigenvalue weighted by molar-refractivity contribution is 6.01. The first-order valence-electron chi connectivity index (χ1n) is 6.23. The van der Waals surface area contributed by atoms with Crippen LogP contribution in [0.4, 0.5) is 5.82 Å². The summed E-state index contributed by atoms with van der Waals surface area (Å²) in [5.74, 6) is 1.08. The number of rotatable bonds is 4. The molecular weight excluding hydrogens is 252 g/mol. The Morgan fingerprint density at radius 1 is 1.30 bits per heavy atom. The number of aromatic nitrogens is 1. The highest BCUT2D eigenvalue weighted by Gasteiger charge is 1.99. The summed E-state index contributed by atoms with van der Waals surface area (Å²) >= 11 is 0. The number of carbonyl (C=O) groups excluding carboxylic acids is 1. The number of ether oxygens (including phenoxy) is 1. The maximum atomic E-state index is 11.8. The summed E-state index contributed by atoms with van der Waals surface area (Å²) in [7, 11) is 1.61. The van der Waals surface area contributed by atoms with Gasteiger partial charge >= 0.3 is 0 Å². The molecule has 1 heterocycles. The molecule has 0 aliphatic rings. The summed E-state index contributed by atoms with van der Waals surface area (Å²) in [5.41, 5.74) is 1.95. The van der Waals surface area contributed by atoms with Crippen LogP contribution in [0.2, 0.25) is 0 Å². The molecule has 1 aromatic carbocycles. The molecule has 0 aliphatic carbocycles. The van der Waals surface area contributed by atoms with Crippen LogP contribution in [0, 0.1) is 6.92 Å². The number of hydrogen-bond acceptors (Lipinski definition) is 3. The average Bonchev–Trinajstić information content (AvgIpc) is 2.48. The molecule has 0 fully saturated rings. The van der Waals surface area contributed by atoms with E-state index in [0.717, 1.165) is 16.9 Å². The molecule has 0 unspecified atom stereocenters. The Morgan fingerprint density at radius 2 is 2.15 bits per heavy atom. The number of methoxy groups -OCH3 is 1. The van der Waals surface area contributed by atoms with Crippen LogP contribution in [0.5, 0.6) is 5.75 Å². The van der Waals surface area contributed by atoms with E-state index in [1.54, 1.807) is 25.4 Å². The number of nitrogens with zero attached hydrogens (tertiary/aromatic N) is 1. The third-order valence-corrected chi connectivity index (χ3v) is 2.68. The van der Waals surface area contributed by atoms with Crippen LogP contribution in [0.1, 0.15) is 11.1 Å². The third-order valence-electron chi connectivity index (χ3n) is 2.68. The minimum absolute atomic E-state index is 0.218. The van der Waals surface area contributed by atoms with E-state index in [0.29, 0.717) is 5.82 Å². The van der Waals surface area contributed by atoms with Crippen molar-refractivity contribution in [2.75, 3.05) is 12.4 Å². The number of pyridine rings is 1. The molecule has 0 saturated carbocycles. The Kier molecular flexibility index (Phi) is 4.50. The first kappa shape index (κ1) is 13.8. The summed E-state index contributed by atoms with van der Waals surface area (Å²) in [5, 5.41) is 2.70. The van der Waals surface area contributed by atoms with Crippen LogP contribution >= 0.6 is 0 Å². The predicted molar refractivity (Wildman–Crippen MR) is 79.6 cm³/mol. The lowest BCUT2D eigenvalue weighted by Gasteiger charge is -2.02. The number of amides is 1. The van der Waals surface area contributed by atoms with Gasteiger partial charge in [0.2, 0.25) is 5.91 Å². The van der Waals surface area contributed by atoms with Gasteiger partial charge in [-0.3, -0.25) is 4.79 Å². The monoisotopic (exact) mass is 268 g/mol. The number of aryl methyl sites for hydroxylation is 1. The van der Waals surface area contributed by atoms with Crippen molar-refractivity contribution in [3.63, 3.8) is 0 Å². The van der Waals surface area contributed by atoms with Gasteiger partial charge in [-0.25, -0.2) is 4.98 Å². The molecule has 1 amide bonds. The zero-order valence-electron chi connectivity index (χ0n) is 11.5. The minimum atomic E-state index is -0.218. The van der Waals surface area contributed by atoms with Gasteiger partial charge in [0, 0.05) is 12.3 Å². The van der Waals surface area contributed by atoms with Crippen LogP contribution in [0.3, 0.4) is 0 Å². The molecule has 0 saturated heterocycles. The van der Waals surface area contributed by atoms with Gasteiger partial charge in [0.25, 0.3) is 0 Å². The second-order valence-corrected chi connectivity index (χ2v) is 4.32. The fraction of sp³-hybridized carbons (Fsp3) is 0.125. The van der Waals surface area contributed by atoms with Gasteiger partial charge in [-0.2, -0.15) is 0 Å². The number of anilines is 1. The summed E-state index contributed by atoms with van der Waals surface area (Å²) in [6.45, 7) is 1.95. The Balaban J connectivity index is 1.99. The molecule has 4 heteroatoms. The van der Waals surface area contributed by atoms with Crippen LogP contribution < -0.4 is 10.1 Å². The van der Waals surface area contributed by atoms with Gasteiger partial charge in [-0.15, -0.1) is 0 Å². The van der Waals surface area contributed by atoms with E-state index >= 15 is 0 Å². The Labute approximate surface area is 118 Å². The molecule has 0 bridgehead atoms. The quantitative estimate of drug-likeness (QED) is 0.867. The molecule has 0 radical (unpaired) electrons. The second-order valence-electron chi connectivity index (χ2n) is 4.32. The first-order valence-corrected chi connectivity index (χ1v) is 6.23. The van der Waals surface area contributed by atoms with E-state index in [9.17, 15) is 4.79 Å². The molecule has 1 N–H and O–H groups in total. The van der Waals surface area contributed by atoms with E-state index in [-0.39, 0.29) is 5.91 Å².